The molecule has 0 amide bonds. The van der Waals surface area contributed by atoms with Crippen LogP contribution in [0.5, 0.6) is 0 Å². The fraction of sp³-hybridized carbons (Fsp3) is 0.294. The minimum atomic E-state index is -0.152. The van der Waals surface area contributed by atoms with E-state index in [1.54, 1.807) is 6.07 Å². The summed E-state index contributed by atoms with van der Waals surface area (Å²) in [4.78, 5) is 1.77. The maximum Gasteiger partial charge on any atom is 0.137 e. The van der Waals surface area contributed by atoms with Crippen LogP contribution in [-0.4, -0.2) is 6.54 Å². The Bertz CT molecular complexity index is 583. The van der Waals surface area contributed by atoms with E-state index in [1.165, 1.54) is 17.3 Å². The number of hydrogen-bond acceptors (Lipinski definition) is 2. The van der Waals surface area contributed by atoms with E-state index in [0.717, 1.165) is 17.0 Å². The molecule has 0 bridgehead atoms. The molecule has 1 N–H and O–H groups in total. The monoisotopic (exact) mass is 289 g/mol. The predicted octanol–water partition coefficient (Wildman–Crippen LogP) is 4.96. The smallest absolute Gasteiger partial charge is 0.137 e. The van der Waals surface area contributed by atoms with E-state index in [-0.39, 0.29) is 11.9 Å². The van der Waals surface area contributed by atoms with Crippen LogP contribution in [0.4, 0.5) is 4.39 Å². The Labute approximate surface area is 124 Å². The number of hydrogen-bond donors (Lipinski definition) is 1. The minimum Gasteiger partial charge on any atom is -0.310 e. The lowest BCUT2D eigenvalue weighted by Gasteiger charge is -2.14. The lowest BCUT2D eigenvalue weighted by molar-refractivity contribution is 0.572. The number of halogens is 1. The van der Waals surface area contributed by atoms with Gasteiger partial charge in [0, 0.05) is 15.8 Å². The van der Waals surface area contributed by atoms with E-state index < -0.39 is 0 Å². The second kappa shape index (κ2) is 6.91. The Morgan fingerprint density at radius 2 is 1.90 bits per heavy atom. The van der Waals surface area contributed by atoms with Gasteiger partial charge < -0.3 is 5.32 Å². The zero-order valence-electron chi connectivity index (χ0n) is 12.1. The summed E-state index contributed by atoms with van der Waals surface area (Å²) in [6, 6.07) is 13.7. The number of benzene rings is 2. The summed E-state index contributed by atoms with van der Waals surface area (Å²) in [5.74, 6) is -0.152. The fourth-order valence-corrected chi connectivity index (χ4v) is 2.99. The van der Waals surface area contributed by atoms with Gasteiger partial charge >= 0.3 is 0 Å². The van der Waals surface area contributed by atoms with Gasteiger partial charge in [0.2, 0.25) is 0 Å². The van der Waals surface area contributed by atoms with Crippen molar-refractivity contribution in [2.24, 2.45) is 0 Å². The molecule has 0 saturated heterocycles. The van der Waals surface area contributed by atoms with Crippen molar-refractivity contribution in [1.29, 1.82) is 0 Å². The van der Waals surface area contributed by atoms with Gasteiger partial charge in [0.15, 0.2) is 0 Å². The van der Waals surface area contributed by atoms with Gasteiger partial charge in [-0.3, -0.25) is 0 Å². The van der Waals surface area contributed by atoms with Crippen LogP contribution in [0.25, 0.3) is 0 Å². The molecule has 1 atom stereocenters. The molecule has 2 aromatic carbocycles. The van der Waals surface area contributed by atoms with Crippen LogP contribution in [0.15, 0.2) is 52.3 Å². The van der Waals surface area contributed by atoms with E-state index >= 15 is 0 Å². The molecule has 2 aromatic rings. The molecule has 0 heterocycles. The van der Waals surface area contributed by atoms with Gasteiger partial charge in [-0.25, -0.2) is 4.39 Å². The summed E-state index contributed by atoms with van der Waals surface area (Å²) in [5.41, 5.74) is 2.15. The molecule has 0 aliphatic carbocycles. The first-order valence-corrected chi connectivity index (χ1v) is 7.69. The number of nitrogens with one attached hydrogen (secondary N) is 1. The SMILES string of the molecule is CCNC(C)c1ccc(Sc2ccccc2C)c(F)c1. The summed E-state index contributed by atoms with van der Waals surface area (Å²) in [7, 11) is 0. The Balaban J connectivity index is 2.20. The normalized spacial score (nSPS) is 12.4. The summed E-state index contributed by atoms with van der Waals surface area (Å²) >= 11 is 1.48. The first-order chi connectivity index (χ1) is 9.61. The molecule has 0 spiro atoms. The van der Waals surface area contributed by atoms with Crippen LogP contribution in [0.2, 0.25) is 0 Å². The van der Waals surface area contributed by atoms with Gasteiger partial charge in [-0.05, 0) is 49.7 Å². The first-order valence-electron chi connectivity index (χ1n) is 6.88. The van der Waals surface area contributed by atoms with Crippen LogP contribution in [0.1, 0.15) is 31.0 Å². The molecule has 0 radical (unpaired) electrons. The lowest BCUT2D eigenvalue weighted by Crippen LogP contribution is -2.17. The number of rotatable bonds is 5. The van der Waals surface area contributed by atoms with Gasteiger partial charge in [0.05, 0.1) is 0 Å². The summed E-state index contributed by atoms with van der Waals surface area (Å²) < 4.78 is 14.2. The van der Waals surface area contributed by atoms with E-state index in [9.17, 15) is 4.39 Å². The average Bonchev–Trinajstić information content (AvgIpc) is 2.43. The van der Waals surface area contributed by atoms with Crippen LogP contribution in [0.3, 0.4) is 0 Å². The molecule has 0 aliphatic heterocycles. The summed E-state index contributed by atoms with van der Waals surface area (Å²) in [6.45, 7) is 7.02. The molecule has 0 aromatic heterocycles. The third-order valence-corrected chi connectivity index (χ3v) is 4.51. The van der Waals surface area contributed by atoms with Crippen molar-refractivity contribution in [2.45, 2.75) is 36.6 Å². The maximum atomic E-state index is 14.2. The van der Waals surface area contributed by atoms with Crippen molar-refractivity contribution in [1.82, 2.24) is 5.32 Å². The third kappa shape index (κ3) is 3.62. The van der Waals surface area contributed by atoms with Crippen molar-refractivity contribution in [3.63, 3.8) is 0 Å². The molecule has 20 heavy (non-hydrogen) atoms. The largest absolute Gasteiger partial charge is 0.310 e. The van der Waals surface area contributed by atoms with E-state index in [0.29, 0.717) is 4.90 Å². The highest BCUT2D eigenvalue weighted by Gasteiger charge is 2.10. The predicted molar refractivity (Wildman–Crippen MR) is 83.8 cm³/mol. The van der Waals surface area contributed by atoms with Gasteiger partial charge in [0.1, 0.15) is 5.82 Å². The third-order valence-electron chi connectivity index (χ3n) is 3.28. The molecule has 0 aliphatic rings. The van der Waals surface area contributed by atoms with E-state index in [1.807, 2.05) is 50.2 Å². The Morgan fingerprint density at radius 3 is 2.55 bits per heavy atom. The van der Waals surface area contributed by atoms with Crippen LogP contribution >= 0.6 is 11.8 Å². The molecule has 2 rings (SSSR count). The first kappa shape index (κ1) is 15.1. The lowest BCUT2D eigenvalue weighted by atomic mass is 10.1. The quantitative estimate of drug-likeness (QED) is 0.835. The highest BCUT2D eigenvalue weighted by Crippen LogP contribution is 2.32. The van der Waals surface area contributed by atoms with Crippen molar-refractivity contribution in [2.75, 3.05) is 6.54 Å². The summed E-state index contributed by atoms with van der Waals surface area (Å²) in [5, 5.41) is 3.29. The molecule has 1 nitrogen and oxygen atoms in total. The molecule has 106 valence electrons. The van der Waals surface area contributed by atoms with Gasteiger partial charge in [0.25, 0.3) is 0 Å². The van der Waals surface area contributed by atoms with Crippen LogP contribution < -0.4 is 5.32 Å². The van der Waals surface area contributed by atoms with Crippen molar-refractivity contribution in [3.05, 3.63) is 59.4 Å². The zero-order valence-corrected chi connectivity index (χ0v) is 12.9. The van der Waals surface area contributed by atoms with Crippen molar-refractivity contribution >= 4 is 11.8 Å². The van der Waals surface area contributed by atoms with Crippen molar-refractivity contribution < 1.29 is 4.39 Å². The summed E-state index contributed by atoms with van der Waals surface area (Å²) in [6.07, 6.45) is 0. The zero-order chi connectivity index (χ0) is 14.5. The average molecular weight is 289 g/mol. The number of aryl methyl sites for hydroxylation is 1. The Morgan fingerprint density at radius 1 is 1.15 bits per heavy atom. The van der Waals surface area contributed by atoms with Gasteiger partial charge in [-0.2, -0.15) is 0 Å². The van der Waals surface area contributed by atoms with Crippen LogP contribution in [0, 0.1) is 12.7 Å². The Kier molecular flexibility index (Phi) is 5.21. The second-order valence-electron chi connectivity index (χ2n) is 4.84. The van der Waals surface area contributed by atoms with E-state index in [4.69, 9.17) is 0 Å². The van der Waals surface area contributed by atoms with Crippen LogP contribution in [-0.2, 0) is 0 Å². The second-order valence-corrected chi connectivity index (χ2v) is 5.92. The Hall–Kier alpha value is -1.32. The van der Waals surface area contributed by atoms with Gasteiger partial charge in [-0.1, -0.05) is 43.0 Å². The fourth-order valence-electron chi connectivity index (χ4n) is 2.08. The highest BCUT2D eigenvalue weighted by atomic mass is 32.2. The molecule has 0 fully saturated rings. The highest BCUT2D eigenvalue weighted by molar-refractivity contribution is 7.99. The standard InChI is InChI=1S/C17H20FNS/c1-4-19-13(3)14-9-10-17(15(18)11-14)20-16-8-6-5-7-12(16)2/h5-11,13,19H,4H2,1-3H3. The molecular formula is C17H20FNS. The van der Waals surface area contributed by atoms with E-state index in [2.05, 4.69) is 12.2 Å². The molecule has 0 saturated carbocycles. The topological polar surface area (TPSA) is 12.0 Å². The minimum absolute atomic E-state index is 0.152. The maximum absolute atomic E-state index is 14.2. The van der Waals surface area contributed by atoms with Gasteiger partial charge in [-0.15, -0.1) is 0 Å². The molecule has 1 unspecified atom stereocenters. The van der Waals surface area contributed by atoms with Crippen molar-refractivity contribution in [3.8, 4) is 0 Å². The molecule has 3 heteroatoms. The molecular weight excluding hydrogens is 269 g/mol.